The Hall–Kier alpha value is -0.860. The summed E-state index contributed by atoms with van der Waals surface area (Å²) in [7, 11) is 0. The molecule has 4 rings (SSSR count). The molecular weight excluding hydrogens is 232 g/mol. The number of aryl methyl sites for hydroxylation is 1. The number of nitrogens with zero attached hydrogens (tertiary/aromatic N) is 1. The van der Waals surface area contributed by atoms with Crippen molar-refractivity contribution < 1.29 is 0 Å². The molecule has 0 amide bonds. The van der Waals surface area contributed by atoms with Crippen molar-refractivity contribution in [1.82, 2.24) is 4.90 Å². The zero-order chi connectivity index (χ0) is 12.8. The summed E-state index contributed by atoms with van der Waals surface area (Å²) in [6.07, 6.45) is 6.57. The quantitative estimate of drug-likeness (QED) is 0.837. The lowest BCUT2D eigenvalue weighted by Crippen LogP contribution is -2.33. The molecule has 1 saturated carbocycles. The van der Waals surface area contributed by atoms with Crippen LogP contribution in [-0.2, 0) is 6.42 Å². The van der Waals surface area contributed by atoms with Gasteiger partial charge >= 0.3 is 0 Å². The number of rotatable bonds is 1. The number of fused-ring (bicyclic) bond motifs is 2. The van der Waals surface area contributed by atoms with Crippen molar-refractivity contribution in [1.29, 1.82) is 0 Å². The standard InChI is InChI=1S/C17H24N2/c18-16-9-8-13-10-19(11-15(13)16)17-7-3-5-12-4-1-2-6-14(12)17/h1-2,4,6,13,15-17H,3,5,7-11,18H2. The van der Waals surface area contributed by atoms with E-state index in [1.165, 1.54) is 45.2 Å². The molecule has 1 saturated heterocycles. The summed E-state index contributed by atoms with van der Waals surface area (Å²) in [6.45, 7) is 2.53. The average molecular weight is 256 g/mol. The Morgan fingerprint density at radius 1 is 1.05 bits per heavy atom. The third kappa shape index (κ3) is 1.93. The minimum Gasteiger partial charge on any atom is -0.327 e. The Labute approximate surface area is 116 Å². The highest BCUT2D eigenvalue weighted by Gasteiger charge is 2.43. The summed E-state index contributed by atoms with van der Waals surface area (Å²) < 4.78 is 0. The lowest BCUT2D eigenvalue weighted by Gasteiger charge is -2.34. The van der Waals surface area contributed by atoms with Gasteiger partial charge in [0.25, 0.3) is 0 Å². The Bertz CT molecular complexity index is 470. The highest BCUT2D eigenvalue weighted by Crippen LogP contribution is 2.43. The second kappa shape index (κ2) is 4.60. The van der Waals surface area contributed by atoms with E-state index in [2.05, 4.69) is 29.2 Å². The van der Waals surface area contributed by atoms with Gasteiger partial charge in [0.05, 0.1) is 0 Å². The fraction of sp³-hybridized carbons (Fsp3) is 0.647. The Kier molecular flexibility index (Phi) is 2.89. The van der Waals surface area contributed by atoms with Gasteiger partial charge in [0, 0.05) is 25.2 Å². The highest BCUT2D eigenvalue weighted by molar-refractivity contribution is 5.32. The van der Waals surface area contributed by atoms with Crippen molar-refractivity contribution in [3.63, 3.8) is 0 Å². The van der Waals surface area contributed by atoms with Crippen molar-refractivity contribution in [2.24, 2.45) is 17.6 Å². The zero-order valence-electron chi connectivity index (χ0n) is 11.6. The number of benzene rings is 1. The van der Waals surface area contributed by atoms with Crippen molar-refractivity contribution in [3.05, 3.63) is 35.4 Å². The summed E-state index contributed by atoms with van der Waals surface area (Å²) in [6, 6.07) is 10.2. The van der Waals surface area contributed by atoms with Crippen molar-refractivity contribution in [2.45, 2.75) is 44.2 Å². The molecule has 2 heteroatoms. The summed E-state index contributed by atoms with van der Waals surface area (Å²) in [5.41, 5.74) is 9.46. The Morgan fingerprint density at radius 2 is 1.95 bits per heavy atom. The van der Waals surface area contributed by atoms with E-state index in [0.29, 0.717) is 12.1 Å². The van der Waals surface area contributed by atoms with Crippen LogP contribution >= 0.6 is 0 Å². The van der Waals surface area contributed by atoms with E-state index >= 15 is 0 Å². The lowest BCUT2D eigenvalue weighted by atomic mass is 9.87. The third-order valence-corrected chi connectivity index (χ3v) is 5.72. The van der Waals surface area contributed by atoms with E-state index in [0.717, 1.165) is 11.8 Å². The minimum absolute atomic E-state index is 0.467. The van der Waals surface area contributed by atoms with Crippen molar-refractivity contribution >= 4 is 0 Å². The number of likely N-dealkylation sites (tertiary alicyclic amines) is 1. The van der Waals surface area contributed by atoms with Gasteiger partial charge in [-0.2, -0.15) is 0 Å². The molecule has 0 bridgehead atoms. The number of nitrogens with two attached hydrogens (primary N) is 1. The molecule has 2 N–H and O–H groups in total. The van der Waals surface area contributed by atoms with Crippen LogP contribution in [0.5, 0.6) is 0 Å². The Morgan fingerprint density at radius 3 is 2.84 bits per heavy atom. The van der Waals surface area contributed by atoms with E-state index in [4.69, 9.17) is 5.73 Å². The second-order valence-electron chi connectivity index (χ2n) is 6.73. The molecule has 102 valence electrons. The fourth-order valence-electron chi connectivity index (χ4n) is 4.70. The molecule has 19 heavy (non-hydrogen) atoms. The first kappa shape index (κ1) is 11.9. The SMILES string of the molecule is NC1CCC2CN(C3CCCc4ccccc43)CC12. The summed E-state index contributed by atoms with van der Waals surface area (Å²) in [4.78, 5) is 2.74. The number of hydrogen-bond acceptors (Lipinski definition) is 2. The first-order valence-electron chi connectivity index (χ1n) is 7.90. The molecule has 0 spiro atoms. The fourth-order valence-corrected chi connectivity index (χ4v) is 4.70. The molecule has 0 radical (unpaired) electrons. The van der Waals surface area contributed by atoms with E-state index in [1.54, 1.807) is 11.1 Å². The van der Waals surface area contributed by atoms with Gasteiger partial charge in [-0.25, -0.2) is 0 Å². The summed E-state index contributed by atoms with van der Waals surface area (Å²) in [5, 5.41) is 0. The Balaban J connectivity index is 1.58. The van der Waals surface area contributed by atoms with E-state index in [1.807, 2.05) is 0 Å². The maximum atomic E-state index is 6.28. The van der Waals surface area contributed by atoms with Crippen LogP contribution in [0.15, 0.2) is 24.3 Å². The smallest absolute Gasteiger partial charge is 0.0351 e. The summed E-state index contributed by atoms with van der Waals surface area (Å²) >= 11 is 0. The van der Waals surface area contributed by atoms with E-state index in [9.17, 15) is 0 Å². The largest absolute Gasteiger partial charge is 0.327 e. The minimum atomic E-state index is 0.467. The van der Waals surface area contributed by atoms with Crippen LogP contribution in [0.2, 0.25) is 0 Å². The molecular formula is C17H24N2. The van der Waals surface area contributed by atoms with Crippen LogP contribution in [0, 0.1) is 11.8 Å². The molecule has 2 nitrogen and oxygen atoms in total. The lowest BCUT2D eigenvalue weighted by molar-refractivity contribution is 0.203. The van der Waals surface area contributed by atoms with Crippen molar-refractivity contribution in [2.75, 3.05) is 13.1 Å². The topological polar surface area (TPSA) is 29.3 Å². The molecule has 4 unspecified atom stereocenters. The predicted octanol–water partition coefficient (Wildman–Crippen LogP) is 2.73. The van der Waals surface area contributed by atoms with Crippen LogP contribution in [0.25, 0.3) is 0 Å². The molecule has 3 aliphatic rings. The first-order chi connectivity index (χ1) is 9.33. The van der Waals surface area contributed by atoms with Gasteiger partial charge in [-0.05, 0) is 55.1 Å². The molecule has 1 heterocycles. The second-order valence-corrected chi connectivity index (χ2v) is 6.73. The highest BCUT2D eigenvalue weighted by atomic mass is 15.2. The van der Waals surface area contributed by atoms with Crippen LogP contribution < -0.4 is 5.73 Å². The number of hydrogen-bond donors (Lipinski definition) is 1. The van der Waals surface area contributed by atoms with E-state index in [-0.39, 0.29) is 0 Å². The summed E-state index contributed by atoms with van der Waals surface area (Å²) in [5.74, 6) is 1.65. The monoisotopic (exact) mass is 256 g/mol. The molecule has 2 fully saturated rings. The molecule has 1 aliphatic heterocycles. The first-order valence-corrected chi connectivity index (χ1v) is 7.90. The maximum Gasteiger partial charge on any atom is 0.0351 e. The average Bonchev–Trinajstić information content (AvgIpc) is 3.01. The van der Waals surface area contributed by atoms with Gasteiger partial charge in [-0.1, -0.05) is 24.3 Å². The van der Waals surface area contributed by atoms with Crippen LogP contribution in [0.1, 0.15) is 42.9 Å². The van der Waals surface area contributed by atoms with Gasteiger partial charge in [-0.15, -0.1) is 0 Å². The molecule has 1 aromatic carbocycles. The van der Waals surface area contributed by atoms with Gasteiger partial charge in [-0.3, -0.25) is 4.90 Å². The molecule has 2 aliphatic carbocycles. The van der Waals surface area contributed by atoms with Gasteiger partial charge in [0.15, 0.2) is 0 Å². The van der Waals surface area contributed by atoms with Gasteiger partial charge < -0.3 is 5.73 Å². The van der Waals surface area contributed by atoms with Gasteiger partial charge in [0.1, 0.15) is 0 Å². The normalized spacial score (nSPS) is 38.2. The molecule has 0 aromatic heterocycles. The predicted molar refractivity (Wildman–Crippen MR) is 77.9 cm³/mol. The van der Waals surface area contributed by atoms with Crippen molar-refractivity contribution in [3.8, 4) is 0 Å². The van der Waals surface area contributed by atoms with E-state index < -0.39 is 0 Å². The zero-order valence-corrected chi connectivity index (χ0v) is 11.6. The van der Waals surface area contributed by atoms with Gasteiger partial charge in [0.2, 0.25) is 0 Å². The molecule has 4 atom stereocenters. The van der Waals surface area contributed by atoms with Crippen LogP contribution in [0.3, 0.4) is 0 Å². The van der Waals surface area contributed by atoms with Crippen LogP contribution in [0.4, 0.5) is 0 Å². The van der Waals surface area contributed by atoms with Crippen LogP contribution in [-0.4, -0.2) is 24.0 Å². The maximum absolute atomic E-state index is 6.28. The third-order valence-electron chi connectivity index (χ3n) is 5.72. The molecule has 1 aromatic rings.